The summed E-state index contributed by atoms with van der Waals surface area (Å²) < 4.78 is 0. The van der Waals surface area contributed by atoms with E-state index in [4.69, 9.17) is 28.9 Å². The molecule has 3 heteroatoms. The van der Waals surface area contributed by atoms with Crippen LogP contribution in [0.5, 0.6) is 0 Å². The lowest BCUT2D eigenvalue weighted by Crippen LogP contribution is -2.27. The summed E-state index contributed by atoms with van der Waals surface area (Å²) in [5, 5.41) is 1.46. The Balaban J connectivity index is 2.14. The lowest BCUT2D eigenvalue weighted by atomic mass is 9.75. The molecule has 3 atom stereocenters. The number of hydrogen-bond acceptors (Lipinski definition) is 1. The van der Waals surface area contributed by atoms with E-state index in [0.717, 1.165) is 16.5 Å². The van der Waals surface area contributed by atoms with Crippen LogP contribution in [-0.4, -0.2) is 0 Å². The third-order valence-corrected chi connectivity index (χ3v) is 4.81. The Hall–Kier alpha value is -0.240. The van der Waals surface area contributed by atoms with Crippen LogP contribution in [0.3, 0.4) is 0 Å². The maximum absolute atomic E-state index is 6.41. The van der Waals surface area contributed by atoms with Gasteiger partial charge in [0.05, 0.1) is 0 Å². The molecule has 2 N–H and O–H groups in total. The Labute approximate surface area is 120 Å². The van der Waals surface area contributed by atoms with Crippen molar-refractivity contribution in [3.8, 4) is 0 Å². The van der Waals surface area contributed by atoms with E-state index in [0.29, 0.717) is 10.9 Å². The lowest BCUT2D eigenvalue weighted by molar-refractivity contribution is 0.230. The third kappa shape index (κ3) is 3.20. The molecular formula is C15H21Cl2N. The van der Waals surface area contributed by atoms with Gasteiger partial charge in [-0.15, -0.1) is 0 Å². The highest BCUT2D eigenvalue weighted by Crippen LogP contribution is 2.39. The fraction of sp³-hybridized carbons (Fsp3) is 0.600. The summed E-state index contributed by atoms with van der Waals surface area (Å²) in [5.41, 5.74) is 7.42. The van der Waals surface area contributed by atoms with Gasteiger partial charge in [-0.3, -0.25) is 0 Å². The molecular weight excluding hydrogens is 265 g/mol. The van der Waals surface area contributed by atoms with Crippen molar-refractivity contribution in [2.75, 3.05) is 0 Å². The van der Waals surface area contributed by atoms with Crippen molar-refractivity contribution in [1.29, 1.82) is 0 Å². The normalized spacial score (nSPS) is 26.0. The summed E-state index contributed by atoms with van der Waals surface area (Å²) in [6, 6.07) is 5.60. The fourth-order valence-corrected chi connectivity index (χ4v) is 3.48. The first-order valence-corrected chi connectivity index (χ1v) is 7.58. The number of benzene rings is 1. The maximum Gasteiger partial charge on any atom is 0.0454 e. The summed E-state index contributed by atoms with van der Waals surface area (Å²) in [4.78, 5) is 0. The van der Waals surface area contributed by atoms with Crippen LogP contribution in [0.2, 0.25) is 10.0 Å². The lowest BCUT2D eigenvalue weighted by Gasteiger charge is -2.33. The van der Waals surface area contributed by atoms with Crippen LogP contribution >= 0.6 is 23.2 Å². The highest BCUT2D eigenvalue weighted by molar-refractivity contribution is 6.33. The highest BCUT2D eigenvalue weighted by atomic mass is 35.5. The quantitative estimate of drug-likeness (QED) is 0.811. The molecule has 0 saturated heterocycles. The first-order valence-electron chi connectivity index (χ1n) is 6.82. The van der Waals surface area contributed by atoms with Crippen molar-refractivity contribution < 1.29 is 0 Å². The molecule has 1 nitrogen and oxygen atoms in total. The molecule has 0 bridgehead atoms. The molecule has 0 spiro atoms. The molecule has 1 aliphatic rings. The van der Waals surface area contributed by atoms with E-state index in [1.165, 1.54) is 32.1 Å². The Morgan fingerprint density at radius 2 is 2.11 bits per heavy atom. The van der Waals surface area contributed by atoms with E-state index in [-0.39, 0.29) is 6.04 Å². The standard InChI is InChI=1S/C15H21Cl2N/c1-2-10-4-3-5-11(8-10)15(18)13-9-12(16)6-7-14(13)17/h6-7,9-11,15H,2-5,8,18H2,1H3. The maximum atomic E-state index is 6.41. The molecule has 0 aromatic heterocycles. The molecule has 18 heavy (non-hydrogen) atoms. The second kappa shape index (κ2) is 6.27. The summed E-state index contributed by atoms with van der Waals surface area (Å²) in [7, 11) is 0. The van der Waals surface area contributed by atoms with Crippen molar-refractivity contribution in [1.82, 2.24) is 0 Å². The van der Waals surface area contributed by atoms with Gasteiger partial charge in [0.25, 0.3) is 0 Å². The second-order valence-electron chi connectivity index (χ2n) is 5.39. The van der Waals surface area contributed by atoms with Gasteiger partial charge in [-0.05, 0) is 48.4 Å². The van der Waals surface area contributed by atoms with E-state index in [9.17, 15) is 0 Å². The number of nitrogens with two attached hydrogens (primary N) is 1. The Bertz CT molecular complexity index is 405. The zero-order valence-corrected chi connectivity index (χ0v) is 12.3. The van der Waals surface area contributed by atoms with E-state index < -0.39 is 0 Å². The van der Waals surface area contributed by atoms with Gasteiger partial charge in [0.2, 0.25) is 0 Å². The molecule has 3 unspecified atom stereocenters. The van der Waals surface area contributed by atoms with Gasteiger partial charge in [-0.2, -0.15) is 0 Å². The smallest absolute Gasteiger partial charge is 0.0454 e. The molecule has 0 radical (unpaired) electrons. The molecule has 1 aromatic rings. The monoisotopic (exact) mass is 285 g/mol. The molecule has 1 saturated carbocycles. The van der Waals surface area contributed by atoms with Crippen molar-refractivity contribution in [2.45, 2.75) is 45.1 Å². The van der Waals surface area contributed by atoms with Gasteiger partial charge in [-0.25, -0.2) is 0 Å². The first kappa shape index (κ1) is 14.2. The van der Waals surface area contributed by atoms with Gasteiger partial charge in [0.1, 0.15) is 0 Å². The largest absolute Gasteiger partial charge is 0.324 e. The van der Waals surface area contributed by atoms with Crippen molar-refractivity contribution >= 4 is 23.2 Å². The number of halogens is 2. The summed E-state index contributed by atoms with van der Waals surface area (Å²) in [6.07, 6.45) is 6.32. The molecule has 2 rings (SSSR count). The van der Waals surface area contributed by atoms with E-state index >= 15 is 0 Å². The van der Waals surface area contributed by atoms with E-state index in [1.807, 2.05) is 18.2 Å². The fourth-order valence-electron chi connectivity index (χ4n) is 3.05. The van der Waals surface area contributed by atoms with Crippen molar-refractivity contribution in [2.24, 2.45) is 17.6 Å². The predicted molar refractivity (Wildman–Crippen MR) is 79.1 cm³/mol. The zero-order chi connectivity index (χ0) is 13.1. The van der Waals surface area contributed by atoms with Crippen LogP contribution in [0.4, 0.5) is 0 Å². The minimum Gasteiger partial charge on any atom is -0.324 e. The SMILES string of the molecule is CCC1CCCC(C(N)c2cc(Cl)ccc2Cl)C1. The van der Waals surface area contributed by atoms with Gasteiger partial charge in [-0.1, -0.05) is 49.4 Å². The van der Waals surface area contributed by atoms with Crippen LogP contribution in [0.1, 0.15) is 50.6 Å². The first-order chi connectivity index (χ1) is 8.61. The third-order valence-electron chi connectivity index (χ3n) is 4.23. The summed E-state index contributed by atoms with van der Waals surface area (Å²) in [6.45, 7) is 2.27. The highest BCUT2D eigenvalue weighted by Gasteiger charge is 2.27. The Morgan fingerprint density at radius 1 is 1.33 bits per heavy atom. The van der Waals surface area contributed by atoms with Crippen LogP contribution in [-0.2, 0) is 0 Å². The molecule has 0 heterocycles. The molecule has 0 aliphatic heterocycles. The van der Waals surface area contributed by atoms with Crippen LogP contribution in [0, 0.1) is 11.8 Å². The topological polar surface area (TPSA) is 26.0 Å². The second-order valence-corrected chi connectivity index (χ2v) is 6.24. The van der Waals surface area contributed by atoms with Crippen molar-refractivity contribution in [3.63, 3.8) is 0 Å². The number of rotatable bonds is 3. The summed E-state index contributed by atoms with van der Waals surface area (Å²) in [5.74, 6) is 1.37. The van der Waals surface area contributed by atoms with Crippen LogP contribution in [0.15, 0.2) is 18.2 Å². The van der Waals surface area contributed by atoms with Crippen LogP contribution in [0.25, 0.3) is 0 Å². The molecule has 1 aliphatic carbocycles. The predicted octanol–water partition coefficient (Wildman–Crippen LogP) is 5.21. The molecule has 1 aromatic carbocycles. The van der Waals surface area contributed by atoms with Gasteiger partial charge >= 0.3 is 0 Å². The molecule has 100 valence electrons. The van der Waals surface area contributed by atoms with Gasteiger partial charge in [0, 0.05) is 16.1 Å². The zero-order valence-electron chi connectivity index (χ0n) is 10.8. The Kier molecular flexibility index (Phi) is 4.94. The molecule has 0 amide bonds. The van der Waals surface area contributed by atoms with Gasteiger partial charge < -0.3 is 5.73 Å². The average molecular weight is 286 g/mol. The van der Waals surface area contributed by atoms with E-state index in [2.05, 4.69) is 6.92 Å². The van der Waals surface area contributed by atoms with Gasteiger partial charge in [0.15, 0.2) is 0 Å². The Morgan fingerprint density at radius 3 is 2.83 bits per heavy atom. The van der Waals surface area contributed by atoms with Crippen molar-refractivity contribution in [3.05, 3.63) is 33.8 Å². The number of hydrogen-bond donors (Lipinski definition) is 1. The molecule has 1 fully saturated rings. The minimum absolute atomic E-state index is 0.0190. The summed E-state index contributed by atoms with van der Waals surface area (Å²) >= 11 is 12.3. The van der Waals surface area contributed by atoms with E-state index in [1.54, 1.807) is 0 Å². The van der Waals surface area contributed by atoms with Crippen LogP contribution < -0.4 is 5.73 Å². The minimum atomic E-state index is 0.0190. The average Bonchev–Trinajstić information content (AvgIpc) is 2.41.